The number of rotatable bonds is 7. The number of nitrogens with zero attached hydrogens (tertiary/aromatic N) is 3. The van der Waals surface area contributed by atoms with E-state index in [-0.39, 0.29) is 23.8 Å². The predicted octanol–water partition coefficient (Wildman–Crippen LogP) is 3.52. The van der Waals surface area contributed by atoms with Gasteiger partial charge in [-0.05, 0) is 54.5 Å². The van der Waals surface area contributed by atoms with Crippen molar-refractivity contribution in [1.82, 2.24) is 20.1 Å². The molecule has 4 heterocycles. The molecule has 1 N–H and O–H groups in total. The molecule has 6 rings (SSSR count). The number of benzene rings is 2. The van der Waals surface area contributed by atoms with Crippen molar-refractivity contribution in [1.29, 1.82) is 0 Å². The van der Waals surface area contributed by atoms with Crippen LogP contribution in [0.15, 0.2) is 66.9 Å². The van der Waals surface area contributed by atoms with Crippen molar-refractivity contribution in [2.24, 2.45) is 17.8 Å². The summed E-state index contributed by atoms with van der Waals surface area (Å²) in [5, 5.41) is 4.30. The van der Waals surface area contributed by atoms with Crippen molar-refractivity contribution in [3.8, 4) is 0 Å². The van der Waals surface area contributed by atoms with E-state index < -0.39 is 0 Å². The summed E-state index contributed by atoms with van der Waals surface area (Å²) in [5.74, 6) is 1.19. The van der Waals surface area contributed by atoms with Crippen LogP contribution in [0.4, 0.5) is 0 Å². The Morgan fingerprint density at radius 1 is 1.00 bits per heavy atom. The van der Waals surface area contributed by atoms with Crippen LogP contribution in [0.3, 0.4) is 0 Å². The number of pyridine rings is 1. The van der Waals surface area contributed by atoms with Gasteiger partial charge in [-0.2, -0.15) is 0 Å². The van der Waals surface area contributed by atoms with E-state index in [1.807, 2.05) is 53.4 Å². The number of likely N-dealkylation sites (tertiary alicyclic amines) is 2. The first kappa shape index (κ1) is 24.1. The minimum atomic E-state index is -0.0419. The highest BCUT2D eigenvalue weighted by atomic mass is 16.5. The molecule has 192 valence electrons. The topological polar surface area (TPSA) is 74.8 Å². The first-order valence-electron chi connectivity index (χ1n) is 13.4. The number of nitrogens with one attached hydrogen (secondary N) is 1. The second-order valence-electron chi connectivity index (χ2n) is 10.7. The molecule has 3 aliphatic rings. The molecule has 3 fully saturated rings. The number of hydrogen-bond acceptors (Lipinski definition) is 5. The molecule has 7 heteroatoms. The Kier molecular flexibility index (Phi) is 6.89. The van der Waals surface area contributed by atoms with Crippen LogP contribution >= 0.6 is 0 Å². The summed E-state index contributed by atoms with van der Waals surface area (Å²) in [6.45, 7) is 5.75. The van der Waals surface area contributed by atoms with E-state index in [1.54, 1.807) is 6.20 Å². The van der Waals surface area contributed by atoms with Gasteiger partial charge in [-0.1, -0.05) is 36.4 Å². The van der Waals surface area contributed by atoms with Gasteiger partial charge in [0.25, 0.3) is 5.91 Å². The molecule has 0 radical (unpaired) electrons. The normalized spacial score (nSPS) is 24.3. The van der Waals surface area contributed by atoms with Gasteiger partial charge in [-0.3, -0.25) is 14.6 Å². The maximum Gasteiger partial charge on any atom is 0.253 e. The Bertz CT molecular complexity index is 1250. The van der Waals surface area contributed by atoms with Gasteiger partial charge in [0.2, 0.25) is 5.91 Å². The number of carbonyl (C=O) groups excluding carboxylic acids is 2. The van der Waals surface area contributed by atoms with Crippen molar-refractivity contribution < 1.29 is 14.3 Å². The van der Waals surface area contributed by atoms with Crippen molar-refractivity contribution in [2.75, 3.05) is 45.9 Å². The number of amides is 2. The lowest BCUT2D eigenvalue weighted by atomic mass is 10.0. The lowest BCUT2D eigenvalue weighted by molar-refractivity contribution is -0.125. The molecule has 2 amide bonds. The zero-order valence-electron chi connectivity index (χ0n) is 21.1. The van der Waals surface area contributed by atoms with Gasteiger partial charge in [0.1, 0.15) is 0 Å². The number of fused-ring (bicyclic) bond motifs is 2. The second kappa shape index (κ2) is 10.6. The summed E-state index contributed by atoms with van der Waals surface area (Å²) >= 11 is 0. The van der Waals surface area contributed by atoms with Gasteiger partial charge >= 0.3 is 0 Å². The lowest BCUT2D eigenvalue weighted by Gasteiger charge is -2.25. The first-order chi connectivity index (χ1) is 18.1. The summed E-state index contributed by atoms with van der Waals surface area (Å²) in [4.78, 5) is 35.0. The Balaban J connectivity index is 1.04. The van der Waals surface area contributed by atoms with Crippen molar-refractivity contribution in [2.45, 2.75) is 18.9 Å². The average Bonchev–Trinajstić information content (AvgIpc) is 3.68. The summed E-state index contributed by atoms with van der Waals surface area (Å²) in [6.07, 6.45) is 3.45. The van der Waals surface area contributed by atoms with Gasteiger partial charge < -0.3 is 19.9 Å². The van der Waals surface area contributed by atoms with Crippen LogP contribution in [-0.4, -0.2) is 72.5 Å². The molecular formula is C30H34N4O3. The quantitative estimate of drug-likeness (QED) is 0.540. The molecule has 0 saturated carbocycles. The molecule has 0 aliphatic carbocycles. The second-order valence-corrected chi connectivity index (χ2v) is 10.7. The third kappa shape index (κ3) is 5.24. The zero-order valence-corrected chi connectivity index (χ0v) is 21.1. The van der Waals surface area contributed by atoms with Crippen LogP contribution < -0.4 is 5.32 Å². The molecule has 3 unspecified atom stereocenters. The van der Waals surface area contributed by atoms with Gasteiger partial charge in [-0.15, -0.1) is 0 Å². The fourth-order valence-electron chi connectivity index (χ4n) is 6.18. The van der Waals surface area contributed by atoms with Crippen molar-refractivity contribution in [3.63, 3.8) is 0 Å². The molecular weight excluding hydrogens is 464 g/mol. The fourth-order valence-corrected chi connectivity index (χ4v) is 6.18. The Labute approximate surface area is 217 Å². The first-order valence-corrected chi connectivity index (χ1v) is 13.4. The highest BCUT2D eigenvalue weighted by molar-refractivity contribution is 5.98. The smallest absolute Gasteiger partial charge is 0.253 e. The summed E-state index contributed by atoms with van der Waals surface area (Å²) in [5.41, 5.74) is 2.80. The van der Waals surface area contributed by atoms with Gasteiger partial charge in [-0.25, -0.2) is 0 Å². The van der Waals surface area contributed by atoms with Crippen LogP contribution in [0.25, 0.3) is 10.9 Å². The van der Waals surface area contributed by atoms with E-state index in [2.05, 4.69) is 27.3 Å². The molecule has 0 bridgehead atoms. The number of hydrogen-bond donors (Lipinski definition) is 1. The molecule has 3 aliphatic heterocycles. The Hall–Kier alpha value is -3.29. The number of aromatic nitrogens is 1. The van der Waals surface area contributed by atoms with E-state index in [0.717, 1.165) is 67.6 Å². The Morgan fingerprint density at radius 3 is 2.57 bits per heavy atom. The molecule has 3 saturated heterocycles. The molecule has 4 atom stereocenters. The SMILES string of the molecule is O=C(NC(CCN1CC2CN(C(=O)c3ccc4ncccc4c3)C[C@@H]2C1)c1ccccc1)C1CCOC1. The maximum atomic E-state index is 13.2. The number of ether oxygens (including phenoxy) is 1. The minimum absolute atomic E-state index is 0.00444. The van der Waals surface area contributed by atoms with E-state index in [9.17, 15) is 9.59 Å². The molecule has 1 aromatic heterocycles. The largest absolute Gasteiger partial charge is 0.381 e. The molecule has 0 spiro atoms. The molecule has 2 aromatic carbocycles. The predicted molar refractivity (Wildman–Crippen MR) is 142 cm³/mol. The molecule has 3 aromatic rings. The van der Waals surface area contributed by atoms with Gasteiger partial charge in [0.15, 0.2) is 0 Å². The third-order valence-corrected chi connectivity index (χ3v) is 8.25. The zero-order chi connectivity index (χ0) is 25.2. The summed E-state index contributed by atoms with van der Waals surface area (Å²) in [7, 11) is 0. The van der Waals surface area contributed by atoms with E-state index in [0.29, 0.717) is 25.0 Å². The van der Waals surface area contributed by atoms with Crippen molar-refractivity contribution in [3.05, 3.63) is 78.0 Å². The van der Waals surface area contributed by atoms with Crippen LogP contribution in [0.1, 0.15) is 34.8 Å². The van der Waals surface area contributed by atoms with Crippen LogP contribution in [0.5, 0.6) is 0 Å². The number of carbonyl (C=O) groups is 2. The van der Waals surface area contributed by atoms with Gasteiger partial charge in [0.05, 0.1) is 24.1 Å². The monoisotopic (exact) mass is 498 g/mol. The van der Waals surface area contributed by atoms with E-state index in [4.69, 9.17) is 4.74 Å². The third-order valence-electron chi connectivity index (χ3n) is 8.25. The van der Waals surface area contributed by atoms with E-state index in [1.165, 1.54) is 0 Å². The van der Waals surface area contributed by atoms with Gasteiger partial charge in [0, 0.05) is 56.5 Å². The minimum Gasteiger partial charge on any atom is -0.381 e. The van der Waals surface area contributed by atoms with Crippen LogP contribution in [0.2, 0.25) is 0 Å². The standard InChI is InChI=1S/C30H34N4O3/c35-29(24-11-14-37-20-24)32-28(21-5-2-1-3-6-21)10-13-33-16-25-18-34(19-26(25)17-33)30(36)23-8-9-27-22(15-23)7-4-12-31-27/h1-9,12,15,24-26,28H,10-11,13-14,16-20H2,(H,32,35)/t24?,25-,26?,28?/m0/s1. The average molecular weight is 499 g/mol. The maximum absolute atomic E-state index is 13.2. The highest BCUT2D eigenvalue weighted by Gasteiger charge is 2.41. The summed E-state index contributed by atoms with van der Waals surface area (Å²) in [6, 6.07) is 20.0. The summed E-state index contributed by atoms with van der Waals surface area (Å²) < 4.78 is 5.42. The van der Waals surface area contributed by atoms with Crippen molar-refractivity contribution >= 4 is 22.7 Å². The van der Waals surface area contributed by atoms with Crippen LogP contribution in [0, 0.1) is 17.8 Å². The lowest BCUT2D eigenvalue weighted by Crippen LogP contribution is -2.37. The highest BCUT2D eigenvalue weighted by Crippen LogP contribution is 2.33. The van der Waals surface area contributed by atoms with E-state index >= 15 is 0 Å². The van der Waals surface area contributed by atoms with Crippen LogP contribution in [-0.2, 0) is 9.53 Å². The molecule has 7 nitrogen and oxygen atoms in total. The Morgan fingerprint density at radius 2 is 1.81 bits per heavy atom. The fraction of sp³-hybridized carbons (Fsp3) is 0.433. The molecule has 37 heavy (non-hydrogen) atoms.